The van der Waals surface area contributed by atoms with E-state index in [1.807, 2.05) is 63.6 Å². The van der Waals surface area contributed by atoms with Crippen LogP contribution in [0.1, 0.15) is 34.1 Å². The van der Waals surface area contributed by atoms with Gasteiger partial charge in [0.1, 0.15) is 5.69 Å². The number of rotatable bonds is 6. The van der Waals surface area contributed by atoms with Crippen LogP contribution in [0.4, 0.5) is 0 Å². The number of hydrogen-bond donors (Lipinski definition) is 2. The number of amides is 1. The van der Waals surface area contributed by atoms with Crippen molar-refractivity contribution in [3.63, 3.8) is 0 Å². The first-order valence-electron chi connectivity index (χ1n) is 8.48. The van der Waals surface area contributed by atoms with Crippen LogP contribution >= 0.6 is 0 Å². The second-order valence-electron chi connectivity index (χ2n) is 6.63. The van der Waals surface area contributed by atoms with Crippen LogP contribution in [0.25, 0.3) is 10.9 Å². The first-order chi connectivity index (χ1) is 12.0. The summed E-state index contributed by atoms with van der Waals surface area (Å²) >= 11 is 0. The Morgan fingerprint density at radius 2 is 2.12 bits per heavy atom. The fraction of sp³-hybridized carbons (Fsp3) is 0.300. The van der Waals surface area contributed by atoms with Crippen LogP contribution in [-0.4, -0.2) is 41.4 Å². The van der Waals surface area contributed by atoms with E-state index in [0.29, 0.717) is 5.69 Å². The molecule has 25 heavy (non-hydrogen) atoms. The van der Waals surface area contributed by atoms with Gasteiger partial charge in [-0.1, -0.05) is 24.3 Å². The molecule has 0 aliphatic rings. The van der Waals surface area contributed by atoms with Crippen LogP contribution in [0.15, 0.2) is 48.8 Å². The molecular weight excluding hydrogens is 312 g/mol. The highest BCUT2D eigenvalue weighted by atomic mass is 16.1. The zero-order valence-corrected chi connectivity index (χ0v) is 14.9. The van der Waals surface area contributed by atoms with Crippen molar-refractivity contribution >= 4 is 16.8 Å². The van der Waals surface area contributed by atoms with Gasteiger partial charge in [-0.15, -0.1) is 0 Å². The molecule has 1 unspecified atom stereocenters. The summed E-state index contributed by atoms with van der Waals surface area (Å²) in [4.78, 5) is 22.3. The molecule has 3 rings (SSSR count). The maximum absolute atomic E-state index is 12.8. The van der Waals surface area contributed by atoms with Crippen molar-refractivity contribution in [2.75, 3.05) is 20.6 Å². The predicted octanol–water partition coefficient (Wildman–Crippen LogP) is 3.29. The summed E-state index contributed by atoms with van der Waals surface area (Å²) in [6, 6.07) is 11.8. The molecule has 1 atom stereocenters. The van der Waals surface area contributed by atoms with Gasteiger partial charge in [0.15, 0.2) is 0 Å². The molecule has 0 saturated carbocycles. The number of carbonyl (C=O) groups is 1. The molecule has 2 heterocycles. The quantitative estimate of drug-likeness (QED) is 0.726. The van der Waals surface area contributed by atoms with Crippen LogP contribution < -0.4 is 5.32 Å². The van der Waals surface area contributed by atoms with Crippen molar-refractivity contribution in [1.29, 1.82) is 0 Å². The zero-order valence-electron chi connectivity index (χ0n) is 14.9. The molecule has 1 amide bonds. The number of aromatic amines is 1. The minimum atomic E-state index is -0.0943. The van der Waals surface area contributed by atoms with E-state index < -0.39 is 0 Å². The summed E-state index contributed by atoms with van der Waals surface area (Å²) in [5, 5.41) is 4.20. The molecule has 0 saturated heterocycles. The Morgan fingerprint density at radius 3 is 2.80 bits per heavy atom. The van der Waals surface area contributed by atoms with E-state index in [4.69, 9.17) is 0 Å². The number of fused-ring (bicyclic) bond motifs is 1. The maximum Gasteiger partial charge on any atom is 0.268 e. The minimum Gasteiger partial charge on any atom is -0.350 e. The summed E-state index contributed by atoms with van der Waals surface area (Å²) < 4.78 is 0. The first kappa shape index (κ1) is 17.2. The maximum atomic E-state index is 12.8. The van der Waals surface area contributed by atoms with Gasteiger partial charge in [0.05, 0.1) is 6.04 Å². The second-order valence-corrected chi connectivity index (χ2v) is 6.63. The number of aryl methyl sites for hydroxylation is 1. The van der Waals surface area contributed by atoms with Crippen LogP contribution in [-0.2, 0) is 0 Å². The monoisotopic (exact) mass is 336 g/mol. The minimum absolute atomic E-state index is 0.0730. The van der Waals surface area contributed by atoms with E-state index in [9.17, 15) is 4.79 Å². The van der Waals surface area contributed by atoms with E-state index in [1.54, 1.807) is 6.20 Å². The molecule has 5 nitrogen and oxygen atoms in total. The zero-order chi connectivity index (χ0) is 17.8. The third kappa shape index (κ3) is 4.06. The number of benzene rings is 1. The Balaban J connectivity index is 1.82. The summed E-state index contributed by atoms with van der Waals surface area (Å²) in [7, 11) is 4.06. The van der Waals surface area contributed by atoms with Gasteiger partial charge in [-0.2, -0.15) is 0 Å². The van der Waals surface area contributed by atoms with E-state index in [1.165, 1.54) is 0 Å². The Labute approximate surface area is 148 Å². The van der Waals surface area contributed by atoms with Gasteiger partial charge in [0.2, 0.25) is 0 Å². The fourth-order valence-electron chi connectivity index (χ4n) is 2.96. The van der Waals surface area contributed by atoms with Crippen LogP contribution in [0, 0.1) is 6.92 Å². The van der Waals surface area contributed by atoms with E-state index in [2.05, 4.69) is 20.2 Å². The molecule has 0 aliphatic heterocycles. The van der Waals surface area contributed by atoms with E-state index in [0.717, 1.165) is 35.0 Å². The number of pyridine rings is 1. The third-order valence-electron chi connectivity index (χ3n) is 4.37. The molecule has 0 aliphatic carbocycles. The van der Waals surface area contributed by atoms with E-state index >= 15 is 0 Å². The summed E-state index contributed by atoms with van der Waals surface area (Å²) in [6.07, 6.45) is 4.38. The predicted molar refractivity (Wildman–Crippen MR) is 101 cm³/mol. The lowest BCUT2D eigenvalue weighted by atomic mass is 10.1. The van der Waals surface area contributed by atoms with Crippen molar-refractivity contribution in [2.45, 2.75) is 19.4 Å². The number of para-hydroxylation sites is 1. The van der Waals surface area contributed by atoms with Crippen LogP contribution in [0.3, 0.4) is 0 Å². The van der Waals surface area contributed by atoms with Crippen LogP contribution in [0.5, 0.6) is 0 Å². The SMILES string of the molecule is Cc1cccc2cc(C(=O)NC(CCN(C)C)c3cccnc3)[nH]c12. The Bertz CT molecular complexity index is 855. The molecule has 130 valence electrons. The number of H-pyrrole nitrogens is 1. The number of nitrogens with zero attached hydrogens (tertiary/aromatic N) is 2. The lowest BCUT2D eigenvalue weighted by Gasteiger charge is -2.20. The van der Waals surface area contributed by atoms with E-state index in [-0.39, 0.29) is 11.9 Å². The Morgan fingerprint density at radius 1 is 1.28 bits per heavy atom. The van der Waals surface area contributed by atoms with Crippen molar-refractivity contribution in [1.82, 2.24) is 20.2 Å². The number of carbonyl (C=O) groups excluding carboxylic acids is 1. The highest BCUT2D eigenvalue weighted by molar-refractivity contribution is 5.98. The second kappa shape index (κ2) is 7.49. The van der Waals surface area contributed by atoms with Gasteiger partial charge >= 0.3 is 0 Å². The van der Waals surface area contributed by atoms with Gasteiger partial charge in [-0.05, 0) is 57.2 Å². The topological polar surface area (TPSA) is 61.0 Å². The molecule has 0 spiro atoms. The molecule has 3 aromatic rings. The molecule has 0 bridgehead atoms. The van der Waals surface area contributed by atoms with Gasteiger partial charge in [-0.25, -0.2) is 0 Å². The van der Waals surface area contributed by atoms with Crippen molar-refractivity contribution in [2.24, 2.45) is 0 Å². The normalized spacial score (nSPS) is 12.5. The molecule has 0 fully saturated rings. The number of hydrogen-bond acceptors (Lipinski definition) is 3. The average molecular weight is 336 g/mol. The largest absolute Gasteiger partial charge is 0.350 e. The fourth-order valence-corrected chi connectivity index (χ4v) is 2.96. The number of nitrogens with one attached hydrogen (secondary N) is 2. The summed E-state index contributed by atoms with van der Waals surface area (Å²) in [5.74, 6) is -0.0943. The van der Waals surface area contributed by atoms with Crippen molar-refractivity contribution in [3.05, 3.63) is 65.6 Å². The first-order valence-corrected chi connectivity index (χ1v) is 8.48. The molecule has 1 aromatic carbocycles. The van der Waals surface area contributed by atoms with Gasteiger partial charge in [0.25, 0.3) is 5.91 Å². The molecule has 0 radical (unpaired) electrons. The molecule has 2 aromatic heterocycles. The van der Waals surface area contributed by atoms with Crippen molar-refractivity contribution in [3.8, 4) is 0 Å². The molecule has 5 heteroatoms. The van der Waals surface area contributed by atoms with Gasteiger partial charge in [0, 0.05) is 23.3 Å². The standard InChI is InChI=1S/C20H24N4O/c1-14-6-4-7-15-12-18(22-19(14)15)20(25)23-17(9-11-24(2)3)16-8-5-10-21-13-16/h4-8,10,12-13,17,22H,9,11H2,1-3H3,(H,23,25). The Kier molecular flexibility index (Phi) is 5.14. The lowest BCUT2D eigenvalue weighted by Crippen LogP contribution is -2.31. The average Bonchev–Trinajstić information content (AvgIpc) is 3.05. The molecule has 2 N–H and O–H groups in total. The third-order valence-corrected chi connectivity index (χ3v) is 4.37. The Hall–Kier alpha value is -2.66. The summed E-state index contributed by atoms with van der Waals surface area (Å²) in [5.41, 5.74) is 3.75. The van der Waals surface area contributed by atoms with Crippen molar-refractivity contribution < 1.29 is 4.79 Å². The summed E-state index contributed by atoms with van der Waals surface area (Å²) in [6.45, 7) is 2.92. The number of aromatic nitrogens is 2. The molecular formula is C20H24N4O. The smallest absolute Gasteiger partial charge is 0.268 e. The lowest BCUT2D eigenvalue weighted by molar-refractivity contribution is 0.0928. The highest BCUT2D eigenvalue weighted by Crippen LogP contribution is 2.21. The van der Waals surface area contributed by atoms with Crippen LogP contribution in [0.2, 0.25) is 0 Å². The highest BCUT2D eigenvalue weighted by Gasteiger charge is 2.18. The van der Waals surface area contributed by atoms with Gasteiger partial charge < -0.3 is 15.2 Å². The van der Waals surface area contributed by atoms with Gasteiger partial charge in [-0.3, -0.25) is 9.78 Å².